The van der Waals surface area contributed by atoms with Crippen LogP contribution in [-0.4, -0.2) is 16.1 Å². The van der Waals surface area contributed by atoms with Crippen LogP contribution in [0.1, 0.15) is 11.1 Å². The molecule has 0 unspecified atom stereocenters. The van der Waals surface area contributed by atoms with Gasteiger partial charge >= 0.3 is 5.97 Å². The zero-order valence-electron chi connectivity index (χ0n) is 10.2. The van der Waals surface area contributed by atoms with Gasteiger partial charge in [-0.1, -0.05) is 29.3 Å². The summed E-state index contributed by atoms with van der Waals surface area (Å²) in [5.41, 5.74) is 2.72. The van der Waals surface area contributed by atoms with Crippen molar-refractivity contribution in [3.8, 4) is 11.3 Å². The van der Waals surface area contributed by atoms with Crippen LogP contribution in [0.4, 0.5) is 0 Å². The lowest BCUT2D eigenvalue weighted by atomic mass is 10.0. The number of hydrogen-bond acceptors (Lipinski definition) is 2. The minimum absolute atomic E-state index is 0.104. The van der Waals surface area contributed by atoms with Gasteiger partial charge in [-0.2, -0.15) is 0 Å². The second-order valence-corrected chi connectivity index (χ2v) is 5.06. The van der Waals surface area contributed by atoms with Gasteiger partial charge in [0.05, 0.1) is 17.1 Å². The van der Waals surface area contributed by atoms with Crippen LogP contribution in [0.25, 0.3) is 11.3 Å². The number of aromatic nitrogens is 1. The molecule has 0 aliphatic heterocycles. The Morgan fingerprint density at radius 3 is 2.74 bits per heavy atom. The fraction of sp³-hybridized carbons (Fsp3) is 0.143. The van der Waals surface area contributed by atoms with E-state index in [0.717, 1.165) is 5.56 Å². The summed E-state index contributed by atoms with van der Waals surface area (Å²) >= 11 is 12.1. The Balaban J connectivity index is 2.60. The highest BCUT2D eigenvalue weighted by Crippen LogP contribution is 2.31. The van der Waals surface area contributed by atoms with Crippen molar-refractivity contribution >= 4 is 29.2 Å². The summed E-state index contributed by atoms with van der Waals surface area (Å²) in [6, 6.07) is 6.84. The van der Waals surface area contributed by atoms with Crippen LogP contribution in [0.3, 0.4) is 0 Å². The SMILES string of the molecule is Cc1cnc(-c2cc(Cl)ccc2Cl)c(CC(=O)O)c1. The van der Waals surface area contributed by atoms with Gasteiger partial charge in [-0.15, -0.1) is 0 Å². The third-order valence-electron chi connectivity index (χ3n) is 2.63. The average molecular weight is 296 g/mol. The summed E-state index contributed by atoms with van der Waals surface area (Å²) in [6.07, 6.45) is 1.57. The minimum atomic E-state index is -0.910. The normalized spacial score (nSPS) is 10.5. The maximum Gasteiger partial charge on any atom is 0.307 e. The van der Waals surface area contributed by atoms with Crippen molar-refractivity contribution < 1.29 is 9.90 Å². The maximum atomic E-state index is 10.9. The van der Waals surface area contributed by atoms with Crippen LogP contribution < -0.4 is 0 Å². The van der Waals surface area contributed by atoms with E-state index in [1.165, 1.54) is 0 Å². The number of rotatable bonds is 3. The molecule has 0 radical (unpaired) electrons. The predicted molar refractivity (Wildman–Crippen MR) is 75.8 cm³/mol. The van der Waals surface area contributed by atoms with E-state index in [9.17, 15) is 4.79 Å². The molecule has 5 heteroatoms. The van der Waals surface area contributed by atoms with Crippen LogP contribution in [-0.2, 0) is 11.2 Å². The molecule has 0 amide bonds. The van der Waals surface area contributed by atoms with E-state index in [2.05, 4.69) is 4.98 Å². The van der Waals surface area contributed by atoms with E-state index in [1.807, 2.05) is 6.92 Å². The zero-order valence-corrected chi connectivity index (χ0v) is 11.7. The fourth-order valence-electron chi connectivity index (χ4n) is 1.85. The quantitative estimate of drug-likeness (QED) is 0.931. The molecule has 0 aliphatic rings. The number of carboxylic acid groups (broad SMARTS) is 1. The smallest absolute Gasteiger partial charge is 0.307 e. The first-order chi connectivity index (χ1) is 8.97. The molecule has 0 saturated carbocycles. The van der Waals surface area contributed by atoms with Crippen molar-refractivity contribution in [2.24, 2.45) is 0 Å². The predicted octanol–water partition coefficient (Wildman–Crippen LogP) is 3.99. The highest BCUT2D eigenvalue weighted by molar-refractivity contribution is 6.35. The number of nitrogens with zero attached hydrogens (tertiary/aromatic N) is 1. The Morgan fingerprint density at radius 2 is 2.05 bits per heavy atom. The summed E-state index contributed by atoms with van der Waals surface area (Å²) < 4.78 is 0. The van der Waals surface area contributed by atoms with E-state index in [0.29, 0.717) is 26.9 Å². The first-order valence-electron chi connectivity index (χ1n) is 5.60. The van der Waals surface area contributed by atoms with Crippen molar-refractivity contribution in [1.82, 2.24) is 4.98 Å². The Labute approximate surface area is 120 Å². The molecule has 2 rings (SSSR count). The molecule has 0 spiro atoms. The molecule has 19 heavy (non-hydrogen) atoms. The molecule has 0 atom stereocenters. The van der Waals surface area contributed by atoms with E-state index < -0.39 is 5.97 Å². The first-order valence-corrected chi connectivity index (χ1v) is 6.35. The summed E-state index contributed by atoms with van der Waals surface area (Å²) in [5, 5.41) is 9.99. The first kappa shape index (κ1) is 13.8. The number of carboxylic acids is 1. The number of halogens is 2. The fourth-order valence-corrected chi connectivity index (χ4v) is 2.23. The highest BCUT2D eigenvalue weighted by Gasteiger charge is 2.13. The van der Waals surface area contributed by atoms with Gasteiger partial charge in [0, 0.05) is 16.8 Å². The van der Waals surface area contributed by atoms with E-state index in [4.69, 9.17) is 28.3 Å². The molecule has 0 bridgehead atoms. The van der Waals surface area contributed by atoms with Gasteiger partial charge in [0.15, 0.2) is 0 Å². The van der Waals surface area contributed by atoms with Crippen molar-refractivity contribution in [3.05, 3.63) is 51.6 Å². The molecular formula is C14H11Cl2NO2. The highest BCUT2D eigenvalue weighted by atomic mass is 35.5. The number of carbonyl (C=O) groups is 1. The van der Waals surface area contributed by atoms with Crippen molar-refractivity contribution in [3.63, 3.8) is 0 Å². The van der Waals surface area contributed by atoms with Crippen LogP contribution in [0.5, 0.6) is 0 Å². The number of pyridine rings is 1. The van der Waals surface area contributed by atoms with Crippen LogP contribution >= 0.6 is 23.2 Å². The molecule has 3 nitrogen and oxygen atoms in total. The number of hydrogen-bond donors (Lipinski definition) is 1. The Kier molecular flexibility index (Phi) is 4.08. The Hall–Kier alpha value is -1.58. The molecular weight excluding hydrogens is 285 g/mol. The lowest BCUT2D eigenvalue weighted by molar-refractivity contribution is -0.136. The lowest BCUT2D eigenvalue weighted by Gasteiger charge is -2.10. The van der Waals surface area contributed by atoms with Gasteiger partial charge in [0.1, 0.15) is 0 Å². The number of benzene rings is 1. The van der Waals surface area contributed by atoms with Crippen molar-refractivity contribution in [2.45, 2.75) is 13.3 Å². The molecule has 0 fully saturated rings. The molecule has 2 aromatic rings. The summed E-state index contributed by atoms with van der Waals surface area (Å²) in [7, 11) is 0. The van der Waals surface area contributed by atoms with Gasteiger partial charge in [-0.05, 0) is 36.2 Å². The van der Waals surface area contributed by atoms with E-state index in [-0.39, 0.29) is 6.42 Å². The van der Waals surface area contributed by atoms with Gasteiger partial charge in [0.25, 0.3) is 0 Å². The topological polar surface area (TPSA) is 50.2 Å². The standard InChI is InChI=1S/C14H11Cl2NO2/c1-8-4-9(5-13(18)19)14(17-7-8)11-6-10(15)2-3-12(11)16/h2-4,6-7H,5H2,1H3,(H,18,19). The van der Waals surface area contributed by atoms with Crippen molar-refractivity contribution in [1.29, 1.82) is 0 Å². The second-order valence-electron chi connectivity index (χ2n) is 4.22. The van der Waals surface area contributed by atoms with Crippen LogP contribution in [0.2, 0.25) is 10.0 Å². The van der Waals surface area contributed by atoms with E-state index >= 15 is 0 Å². The van der Waals surface area contributed by atoms with Gasteiger partial charge in [0.2, 0.25) is 0 Å². The van der Waals surface area contributed by atoms with Crippen LogP contribution in [0, 0.1) is 6.92 Å². The Bertz CT molecular complexity index is 641. The zero-order chi connectivity index (χ0) is 14.0. The number of aliphatic carboxylic acids is 1. The van der Waals surface area contributed by atoms with Crippen molar-refractivity contribution in [2.75, 3.05) is 0 Å². The summed E-state index contributed by atoms with van der Waals surface area (Å²) in [4.78, 5) is 15.2. The number of aryl methyl sites for hydroxylation is 1. The molecule has 1 N–H and O–H groups in total. The van der Waals surface area contributed by atoms with Gasteiger partial charge in [-0.25, -0.2) is 0 Å². The molecule has 1 heterocycles. The Morgan fingerprint density at radius 1 is 1.32 bits per heavy atom. The summed E-state index contributed by atoms with van der Waals surface area (Å²) in [6.45, 7) is 1.86. The molecule has 98 valence electrons. The minimum Gasteiger partial charge on any atom is -0.481 e. The van der Waals surface area contributed by atoms with E-state index in [1.54, 1.807) is 30.5 Å². The maximum absolute atomic E-state index is 10.9. The molecule has 0 aliphatic carbocycles. The molecule has 1 aromatic heterocycles. The van der Waals surface area contributed by atoms with Gasteiger partial charge < -0.3 is 5.11 Å². The molecule has 0 saturated heterocycles. The molecule has 1 aromatic carbocycles. The monoisotopic (exact) mass is 295 g/mol. The largest absolute Gasteiger partial charge is 0.481 e. The second kappa shape index (κ2) is 5.59. The van der Waals surface area contributed by atoms with Gasteiger partial charge in [-0.3, -0.25) is 9.78 Å². The third-order valence-corrected chi connectivity index (χ3v) is 3.19. The lowest BCUT2D eigenvalue weighted by Crippen LogP contribution is -2.04. The van der Waals surface area contributed by atoms with Crippen LogP contribution in [0.15, 0.2) is 30.5 Å². The average Bonchev–Trinajstić information content (AvgIpc) is 2.32. The summed E-state index contributed by atoms with van der Waals surface area (Å²) in [5.74, 6) is -0.910. The third kappa shape index (κ3) is 3.25.